The van der Waals surface area contributed by atoms with Gasteiger partial charge in [0.1, 0.15) is 18.1 Å². The predicted octanol–water partition coefficient (Wildman–Crippen LogP) is 3.42. The largest absolute Gasteiger partial charge is 0.508 e. The molecule has 0 saturated carbocycles. The number of aryl methyl sites for hydroxylation is 1. The van der Waals surface area contributed by atoms with Gasteiger partial charge in [0, 0.05) is 11.6 Å². The molecule has 0 radical (unpaired) electrons. The van der Waals surface area contributed by atoms with Crippen LogP contribution < -0.4 is 10.6 Å². The van der Waals surface area contributed by atoms with E-state index in [9.17, 15) is 18.6 Å². The summed E-state index contributed by atoms with van der Waals surface area (Å²) in [5.74, 6) is 4.83. The molecule has 10 heteroatoms. The van der Waals surface area contributed by atoms with Crippen molar-refractivity contribution < 1.29 is 27.7 Å². The van der Waals surface area contributed by atoms with Crippen LogP contribution >= 0.6 is 0 Å². The fourth-order valence-electron chi connectivity index (χ4n) is 3.21. The lowest BCUT2D eigenvalue weighted by Gasteiger charge is -2.09. The second-order valence-corrected chi connectivity index (χ2v) is 8.86. The first-order valence-corrected chi connectivity index (χ1v) is 11.2. The van der Waals surface area contributed by atoms with Crippen molar-refractivity contribution in [3.8, 4) is 34.2 Å². The van der Waals surface area contributed by atoms with Crippen LogP contribution in [0.25, 0.3) is 16.9 Å². The Labute approximate surface area is 190 Å². The van der Waals surface area contributed by atoms with Gasteiger partial charge in [-0.05, 0) is 49.4 Å². The highest BCUT2D eigenvalue weighted by atomic mass is 32.2. The molecule has 1 aromatic heterocycles. The number of ether oxygens (including phenoxy) is 1. The first-order valence-electron chi connectivity index (χ1n) is 9.81. The Morgan fingerprint density at radius 3 is 2.33 bits per heavy atom. The molecule has 170 valence electrons. The minimum absolute atomic E-state index is 0.0242. The summed E-state index contributed by atoms with van der Waals surface area (Å²) in [7, 11) is -4.02. The zero-order valence-corrected chi connectivity index (χ0v) is 18.4. The Hall–Kier alpha value is -3.86. The van der Waals surface area contributed by atoms with Gasteiger partial charge in [0.25, 0.3) is 0 Å². The van der Waals surface area contributed by atoms with Crippen molar-refractivity contribution >= 4 is 10.1 Å². The molecule has 4 aromatic rings. The molecule has 0 saturated heterocycles. The van der Waals surface area contributed by atoms with Crippen LogP contribution in [0.2, 0.25) is 0 Å². The zero-order valence-electron chi connectivity index (χ0n) is 17.5. The standard InChI is InChI=1S/C23H21N3O6S/c1-15-2-4-16(5-3-15)21-12-17(14-31-23-13-19(27)8-11-22(23)28)25-26(21)18-6-9-20(10-7-18)33(29,30)32-24/h2-13,27-28H,14,24H2,1H3. The Morgan fingerprint density at radius 1 is 0.970 bits per heavy atom. The molecule has 0 aliphatic rings. The van der Waals surface area contributed by atoms with E-state index in [1.54, 1.807) is 16.8 Å². The monoisotopic (exact) mass is 467 g/mol. The molecule has 0 aliphatic heterocycles. The lowest BCUT2D eigenvalue weighted by molar-refractivity contribution is 0.282. The van der Waals surface area contributed by atoms with Crippen molar-refractivity contribution in [2.45, 2.75) is 18.4 Å². The smallest absolute Gasteiger partial charge is 0.312 e. The maximum atomic E-state index is 11.8. The highest BCUT2D eigenvalue weighted by Crippen LogP contribution is 2.31. The normalized spacial score (nSPS) is 11.5. The van der Waals surface area contributed by atoms with E-state index >= 15 is 0 Å². The van der Waals surface area contributed by atoms with Gasteiger partial charge in [0.05, 0.1) is 16.3 Å². The lowest BCUT2D eigenvalue weighted by Crippen LogP contribution is -2.11. The van der Waals surface area contributed by atoms with Crippen LogP contribution in [0.15, 0.2) is 77.7 Å². The Balaban J connectivity index is 1.71. The third kappa shape index (κ3) is 4.82. The lowest BCUT2D eigenvalue weighted by atomic mass is 10.1. The summed E-state index contributed by atoms with van der Waals surface area (Å²) in [4.78, 5) is -0.0827. The van der Waals surface area contributed by atoms with Crippen molar-refractivity contribution in [2.24, 2.45) is 5.90 Å². The van der Waals surface area contributed by atoms with E-state index in [4.69, 9.17) is 10.6 Å². The van der Waals surface area contributed by atoms with Gasteiger partial charge in [0.15, 0.2) is 11.5 Å². The van der Waals surface area contributed by atoms with Gasteiger partial charge < -0.3 is 14.9 Å². The maximum absolute atomic E-state index is 11.8. The second-order valence-electron chi connectivity index (χ2n) is 7.28. The van der Waals surface area contributed by atoms with E-state index in [2.05, 4.69) is 9.38 Å². The topological polar surface area (TPSA) is 137 Å². The number of aromatic nitrogens is 2. The number of benzene rings is 3. The zero-order chi connectivity index (χ0) is 23.6. The van der Waals surface area contributed by atoms with E-state index in [0.29, 0.717) is 11.4 Å². The first-order chi connectivity index (χ1) is 15.8. The molecule has 0 aliphatic carbocycles. The highest BCUT2D eigenvalue weighted by molar-refractivity contribution is 7.86. The van der Waals surface area contributed by atoms with Crippen LogP contribution in [0.3, 0.4) is 0 Å². The Bertz CT molecular complexity index is 1380. The van der Waals surface area contributed by atoms with Crippen molar-refractivity contribution in [3.05, 3.63) is 84.1 Å². The summed E-state index contributed by atoms with van der Waals surface area (Å²) in [5.41, 5.74) is 3.90. The molecule has 33 heavy (non-hydrogen) atoms. The van der Waals surface area contributed by atoms with Crippen molar-refractivity contribution in [2.75, 3.05) is 0 Å². The van der Waals surface area contributed by atoms with E-state index < -0.39 is 10.1 Å². The van der Waals surface area contributed by atoms with E-state index in [1.165, 1.54) is 30.3 Å². The summed E-state index contributed by atoms with van der Waals surface area (Å²) in [6.07, 6.45) is 0. The molecule has 3 aromatic carbocycles. The maximum Gasteiger partial charge on any atom is 0.312 e. The fraction of sp³-hybridized carbons (Fsp3) is 0.0870. The number of aromatic hydroxyl groups is 2. The van der Waals surface area contributed by atoms with Gasteiger partial charge >= 0.3 is 10.1 Å². The summed E-state index contributed by atoms with van der Waals surface area (Å²) < 4.78 is 35.0. The molecule has 0 unspecified atom stereocenters. The number of hydrogen-bond acceptors (Lipinski definition) is 8. The third-order valence-electron chi connectivity index (χ3n) is 4.92. The van der Waals surface area contributed by atoms with E-state index in [0.717, 1.165) is 16.8 Å². The van der Waals surface area contributed by atoms with Gasteiger partial charge in [-0.3, -0.25) is 0 Å². The molecular formula is C23H21N3O6S. The van der Waals surface area contributed by atoms with Crippen LogP contribution in [0, 0.1) is 6.92 Å². The predicted molar refractivity (Wildman–Crippen MR) is 120 cm³/mol. The highest BCUT2D eigenvalue weighted by Gasteiger charge is 2.16. The summed E-state index contributed by atoms with van der Waals surface area (Å²) in [6.45, 7) is 2.01. The molecule has 1 heterocycles. The molecule has 0 amide bonds. The quantitative estimate of drug-likeness (QED) is 0.278. The Morgan fingerprint density at radius 2 is 1.67 bits per heavy atom. The summed E-state index contributed by atoms with van der Waals surface area (Å²) >= 11 is 0. The van der Waals surface area contributed by atoms with Crippen molar-refractivity contribution in [3.63, 3.8) is 0 Å². The number of phenolic OH excluding ortho intramolecular Hbond substituents is 2. The number of nitrogens with two attached hydrogens (primary N) is 1. The minimum atomic E-state index is -4.02. The number of phenols is 2. The average molecular weight is 468 g/mol. The molecule has 4 N–H and O–H groups in total. The minimum Gasteiger partial charge on any atom is -0.508 e. The summed E-state index contributed by atoms with van der Waals surface area (Å²) in [6, 6.07) is 19.6. The number of rotatable bonds is 7. The van der Waals surface area contributed by atoms with E-state index in [-0.39, 0.29) is 28.8 Å². The molecule has 0 bridgehead atoms. The van der Waals surface area contributed by atoms with Crippen LogP contribution in [0.1, 0.15) is 11.3 Å². The molecule has 0 fully saturated rings. The van der Waals surface area contributed by atoms with Crippen LogP contribution in [0.4, 0.5) is 0 Å². The van der Waals surface area contributed by atoms with Crippen LogP contribution in [0.5, 0.6) is 17.2 Å². The molecule has 4 rings (SSSR count). The van der Waals surface area contributed by atoms with Gasteiger partial charge in [-0.15, -0.1) is 0 Å². The van der Waals surface area contributed by atoms with Gasteiger partial charge in [0.2, 0.25) is 0 Å². The van der Waals surface area contributed by atoms with Gasteiger partial charge in [-0.2, -0.15) is 23.7 Å². The third-order valence-corrected chi connectivity index (χ3v) is 6.03. The molecule has 0 atom stereocenters. The first kappa shape index (κ1) is 22.3. The molecular weight excluding hydrogens is 446 g/mol. The Kier molecular flexibility index (Phi) is 6.05. The van der Waals surface area contributed by atoms with Gasteiger partial charge in [-0.25, -0.2) is 4.68 Å². The van der Waals surface area contributed by atoms with Crippen molar-refractivity contribution in [1.82, 2.24) is 9.78 Å². The fourth-order valence-corrected chi connectivity index (χ4v) is 3.79. The number of nitrogens with zero attached hydrogens (tertiary/aromatic N) is 2. The van der Waals surface area contributed by atoms with E-state index in [1.807, 2.05) is 37.3 Å². The number of hydrogen-bond donors (Lipinski definition) is 3. The van der Waals surface area contributed by atoms with Crippen LogP contribution in [-0.4, -0.2) is 28.4 Å². The SMILES string of the molecule is Cc1ccc(-c2cc(COc3cc(O)ccc3O)nn2-c2ccc(S(=O)(=O)ON)cc2)cc1. The van der Waals surface area contributed by atoms with Crippen LogP contribution in [-0.2, 0) is 21.0 Å². The summed E-state index contributed by atoms with van der Waals surface area (Å²) in [5, 5.41) is 24.2. The average Bonchev–Trinajstić information content (AvgIpc) is 3.24. The molecule has 9 nitrogen and oxygen atoms in total. The second kappa shape index (κ2) is 8.94. The van der Waals surface area contributed by atoms with Crippen molar-refractivity contribution in [1.29, 1.82) is 0 Å². The molecule has 0 spiro atoms. The van der Waals surface area contributed by atoms with Gasteiger partial charge in [-0.1, -0.05) is 29.8 Å².